The normalized spacial score (nSPS) is 27.2. The topological polar surface area (TPSA) is 23.6 Å². The number of hydrogen-bond acceptors (Lipinski definition) is 2. The first kappa shape index (κ1) is 21.4. The monoisotopic (exact) mass is 384 g/mol. The molecule has 0 aromatic heterocycles. The van der Waals surface area contributed by atoms with Crippen molar-refractivity contribution in [2.75, 3.05) is 24.5 Å². The third-order valence-corrected chi connectivity index (χ3v) is 7.20. The predicted octanol–water partition coefficient (Wildman–Crippen LogP) is 5.84. The number of hydrogen-bond donors (Lipinski definition) is 0. The van der Waals surface area contributed by atoms with Crippen molar-refractivity contribution < 1.29 is 4.79 Å². The van der Waals surface area contributed by atoms with E-state index in [4.69, 9.17) is 0 Å². The summed E-state index contributed by atoms with van der Waals surface area (Å²) in [7, 11) is 0. The Hall–Kier alpha value is -1.35. The zero-order valence-electron chi connectivity index (χ0n) is 18.7. The van der Waals surface area contributed by atoms with Gasteiger partial charge < -0.3 is 4.90 Å². The molecule has 0 spiro atoms. The number of carbonyl (C=O) groups excluding carboxylic acids is 1. The second-order valence-electron chi connectivity index (χ2n) is 10.0. The van der Waals surface area contributed by atoms with E-state index in [-0.39, 0.29) is 11.9 Å². The number of piperazine rings is 1. The lowest BCUT2D eigenvalue weighted by Crippen LogP contribution is -2.56. The molecule has 1 saturated heterocycles. The highest BCUT2D eigenvalue weighted by molar-refractivity contribution is 5.98. The summed E-state index contributed by atoms with van der Waals surface area (Å²) in [5.41, 5.74) is 2.98. The number of rotatable bonds is 5. The molecule has 0 N–H and O–H groups in total. The molecule has 1 unspecified atom stereocenters. The minimum atomic E-state index is -0.00928. The van der Waals surface area contributed by atoms with Crippen LogP contribution in [0.2, 0.25) is 0 Å². The molecule has 1 aliphatic carbocycles. The predicted molar refractivity (Wildman–Crippen MR) is 119 cm³/mol. The quantitative estimate of drug-likeness (QED) is 0.636. The van der Waals surface area contributed by atoms with Gasteiger partial charge in [0, 0.05) is 18.8 Å². The van der Waals surface area contributed by atoms with Gasteiger partial charge in [-0.15, -0.1) is 0 Å². The Labute approximate surface area is 172 Å². The molecule has 1 amide bonds. The Bertz CT molecular complexity index is 655. The fourth-order valence-corrected chi connectivity index (χ4v) is 5.17. The van der Waals surface area contributed by atoms with Gasteiger partial charge in [0.05, 0.1) is 6.04 Å². The Balaban J connectivity index is 1.74. The average molecular weight is 385 g/mol. The summed E-state index contributed by atoms with van der Waals surface area (Å²) < 4.78 is 0. The molecule has 156 valence electrons. The van der Waals surface area contributed by atoms with Gasteiger partial charge in [0.15, 0.2) is 0 Å². The van der Waals surface area contributed by atoms with Gasteiger partial charge in [-0.25, -0.2) is 0 Å². The van der Waals surface area contributed by atoms with Crippen LogP contribution < -0.4 is 4.90 Å². The maximum Gasteiger partial charge on any atom is 0.244 e. The summed E-state index contributed by atoms with van der Waals surface area (Å²) in [6.45, 7) is 14.3. The van der Waals surface area contributed by atoms with Crippen LogP contribution in [0.1, 0.15) is 84.6 Å². The number of para-hydroxylation sites is 1. The van der Waals surface area contributed by atoms with Crippen LogP contribution in [0.5, 0.6) is 0 Å². The first-order chi connectivity index (χ1) is 13.3. The molecular formula is C25H40N2O. The van der Waals surface area contributed by atoms with Gasteiger partial charge in [-0.3, -0.25) is 9.69 Å². The van der Waals surface area contributed by atoms with Crippen LogP contribution in [0.25, 0.3) is 0 Å². The van der Waals surface area contributed by atoms with Crippen LogP contribution in [0.15, 0.2) is 24.3 Å². The van der Waals surface area contributed by atoms with Crippen LogP contribution in [0.4, 0.5) is 5.69 Å². The van der Waals surface area contributed by atoms with Crippen molar-refractivity contribution in [3.63, 3.8) is 0 Å². The fraction of sp³-hybridized carbons (Fsp3) is 0.720. The molecular weight excluding hydrogens is 344 g/mol. The van der Waals surface area contributed by atoms with Gasteiger partial charge >= 0.3 is 0 Å². The number of amides is 1. The van der Waals surface area contributed by atoms with Crippen molar-refractivity contribution in [1.82, 2.24) is 4.90 Å². The van der Waals surface area contributed by atoms with Crippen molar-refractivity contribution in [3.05, 3.63) is 29.8 Å². The summed E-state index contributed by atoms with van der Waals surface area (Å²) in [6, 6.07) is 8.70. The molecule has 3 heteroatoms. The molecule has 1 aliphatic heterocycles. The Morgan fingerprint density at radius 2 is 1.71 bits per heavy atom. The molecule has 28 heavy (non-hydrogen) atoms. The van der Waals surface area contributed by atoms with Crippen molar-refractivity contribution in [2.24, 2.45) is 11.3 Å². The third-order valence-electron chi connectivity index (χ3n) is 7.20. The molecule has 0 radical (unpaired) electrons. The molecule has 1 atom stereocenters. The highest BCUT2D eigenvalue weighted by Crippen LogP contribution is 2.45. The zero-order chi connectivity index (χ0) is 20.3. The first-order valence-corrected chi connectivity index (χ1v) is 11.5. The van der Waals surface area contributed by atoms with Gasteiger partial charge in [0.1, 0.15) is 0 Å². The van der Waals surface area contributed by atoms with Crippen molar-refractivity contribution in [2.45, 2.75) is 85.1 Å². The standard InChI is InChI=1S/C25H40N2O/c1-6-7-16-26-17-18-27(24(28)19(26)2)23-11-9-8-10-22(23)20-12-14-21(15-13-20)25(3,4)5/h8-11,19-21H,6-7,12-18H2,1-5H3. The summed E-state index contributed by atoms with van der Waals surface area (Å²) in [4.78, 5) is 17.6. The highest BCUT2D eigenvalue weighted by atomic mass is 16.2. The lowest BCUT2D eigenvalue weighted by atomic mass is 9.68. The van der Waals surface area contributed by atoms with E-state index in [1.165, 1.54) is 49.8 Å². The second kappa shape index (κ2) is 8.98. The Morgan fingerprint density at radius 1 is 1.04 bits per heavy atom. The van der Waals surface area contributed by atoms with Crippen LogP contribution in [0.3, 0.4) is 0 Å². The minimum absolute atomic E-state index is 0.00928. The molecule has 2 aliphatic rings. The molecule has 1 saturated carbocycles. The van der Waals surface area contributed by atoms with E-state index in [2.05, 4.69) is 68.7 Å². The maximum atomic E-state index is 13.2. The van der Waals surface area contributed by atoms with E-state index in [9.17, 15) is 4.79 Å². The van der Waals surface area contributed by atoms with Gasteiger partial charge in [0.2, 0.25) is 5.91 Å². The van der Waals surface area contributed by atoms with Crippen LogP contribution in [-0.2, 0) is 4.79 Å². The van der Waals surface area contributed by atoms with E-state index >= 15 is 0 Å². The first-order valence-electron chi connectivity index (χ1n) is 11.5. The lowest BCUT2D eigenvalue weighted by molar-refractivity contribution is -0.125. The summed E-state index contributed by atoms with van der Waals surface area (Å²) >= 11 is 0. The lowest BCUT2D eigenvalue weighted by Gasteiger charge is -2.41. The van der Waals surface area contributed by atoms with E-state index < -0.39 is 0 Å². The van der Waals surface area contributed by atoms with Gasteiger partial charge in [-0.1, -0.05) is 52.3 Å². The van der Waals surface area contributed by atoms with Crippen molar-refractivity contribution in [3.8, 4) is 0 Å². The smallest absolute Gasteiger partial charge is 0.244 e. The minimum Gasteiger partial charge on any atom is -0.310 e. The number of carbonyl (C=O) groups is 1. The van der Waals surface area contributed by atoms with Crippen LogP contribution >= 0.6 is 0 Å². The summed E-state index contributed by atoms with van der Waals surface area (Å²) in [5.74, 6) is 1.69. The molecule has 1 heterocycles. The molecule has 1 aromatic carbocycles. The van der Waals surface area contributed by atoms with Gasteiger partial charge in [-0.2, -0.15) is 0 Å². The summed E-state index contributed by atoms with van der Waals surface area (Å²) in [6.07, 6.45) is 7.46. The van der Waals surface area contributed by atoms with Gasteiger partial charge in [0.25, 0.3) is 0 Å². The fourth-order valence-electron chi connectivity index (χ4n) is 5.17. The number of unbranched alkanes of at least 4 members (excludes halogenated alkanes) is 1. The van der Waals surface area contributed by atoms with Crippen molar-refractivity contribution >= 4 is 11.6 Å². The molecule has 1 aromatic rings. The second-order valence-corrected chi connectivity index (χ2v) is 10.0. The molecule has 3 rings (SSSR count). The number of benzene rings is 1. The highest BCUT2D eigenvalue weighted by Gasteiger charge is 2.35. The molecule has 2 fully saturated rings. The zero-order valence-corrected chi connectivity index (χ0v) is 18.7. The number of anilines is 1. The summed E-state index contributed by atoms with van der Waals surface area (Å²) in [5, 5.41) is 0. The van der Waals surface area contributed by atoms with Gasteiger partial charge in [-0.05, 0) is 74.5 Å². The van der Waals surface area contributed by atoms with Crippen molar-refractivity contribution in [1.29, 1.82) is 0 Å². The van der Waals surface area contributed by atoms with E-state index in [0.29, 0.717) is 11.3 Å². The Morgan fingerprint density at radius 3 is 2.36 bits per heavy atom. The van der Waals surface area contributed by atoms with Crippen LogP contribution in [-0.4, -0.2) is 36.5 Å². The SMILES string of the molecule is CCCCN1CCN(c2ccccc2C2CCC(C(C)(C)C)CC2)C(=O)C1C. The molecule has 3 nitrogen and oxygen atoms in total. The van der Waals surface area contributed by atoms with E-state index in [0.717, 1.165) is 25.6 Å². The largest absolute Gasteiger partial charge is 0.310 e. The maximum absolute atomic E-state index is 13.2. The Kier molecular flexibility index (Phi) is 6.85. The molecule has 0 bridgehead atoms. The third kappa shape index (κ3) is 4.62. The van der Waals surface area contributed by atoms with E-state index in [1.807, 2.05) is 0 Å². The number of nitrogens with zero attached hydrogens (tertiary/aromatic N) is 2. The average Bonchev–Trinajstić information content (AvgIpc) is 2.69. The van der Waals surface area contributed by atoms with E-state index in [1.54, 1.807) is 0 Å². The van der Waals surface area contributed by atoms with Crippen LogP contribution in [0, 0.1) is 11.3 Å².